The summed E-state index contributed by atoms with van der Waals surface area (Å²) in [6, 6.07) is 5.65. The Hall–Kier alpha value is -2.05. The Kier molecular flexibility index (Phi) is 7.48. The molecule has 0 fully saturated rings. The number of anilines is 1. The number of rotatable bonds is 10. The van der Waals surface area contributed by atoms with Gasteiger partial charge < -0.3 is 9.26 Å². The minimum atomic E-state index is -3.26. The zero-order valence-corrected chi connectivity index (χ0v) is 15.6. The second-order valence-corrected chi connectivity index (χ2v) is 7.82. The van der Waals surface area contributed by atoms with E-state index in [2.05, 4.69) is 15.1 Å². The first kappa shape index (κ1) is 20.3. The van der Waals surface area contributed by atoms with Crippen molar-refractivity contribution in [1.82, 2.24) is 9.97 Å². The maximum Gasteiger partial charge on any atom is 0.318 e. The van der Waals surface area contributed by atoms with Crippen molar-refractivity contribution in [2.24, 2.45) is 0 Å². The summed E-state index contributed by atoms with van der Waals surface area (Å²) in [4.78, 5) is 7.69. The molecular formula is C17H22F2N3O3P. The summed E-state index contributed by atoms with van der Waals surface area (Å²) in [5.74, 6) is -1.34. The third-order valence-electron chi connectivity index (χ3n) is 3.42. The number of ether oxygens (including phenoxy) is 1. The van der Waals surface area contributed by atoms with Crippen molar-refractivity contribution in [3.05, 3.63) is 47.7 Å². The fraction of sp³-hybridized carbons (Fsp3) is 0.412. The first-order chi connectivity index (χ1) is 12.5. The van der Waals surface area contributed by atoms with E-state index in [1.807, 2.05) is 6.92 Å². The highest BCUT2D eigenvalue weighted by Crippen LogP contribution is 2.47. The monoisotopic (exact) mass is 385 g/mol. The number of nitrogens with one attached hydrogen (secondary N) is 1. The van der Waals surface area contributed by atoms with Gasteiger partial charge >= 0.3 is 6.01 Å². The van der Waals surface area contributed by atoms with Crippen LogP contribution in [0, 0.1) is 11.6 Å². The molecule has 0 aliphatic rings. The highest BCUT2D eigenvalue weighted by atomic mass is 31.2. The molecule has 0 aliphatic heterocycles. The quantitative estimate of drug-likeness (QED) is 0.594. The van der Waals surface area contributed by atoms with Gasteiger partial charge in [0.15, 0.2) is 11.6 Å². The molecule has 0 saturated heterocycles. The Morgan fingerprint density at radius 1 is 1.19 bits per heavy atom. The van der Waals surface area contributed by atoms with E-state index in [9.17, 15) is 13.3 Å². The van der Waals surface area contributed by atoms with E-state index in [1.54, 1.807) is 19.1 Å². The van der Waals surface area contributed by atoms with E-state index >= 15 is 0 Å². The van der Waals surface area contributed by atoms with E-state index in [4.69, 9.17) is 9.26 Å². The summed E-state index contributed by atoms with van der Waals surface area (Å²) in [6.45, 7) is 4.00. The minimum absolute atomic E-state index is 0.0863. The van der Waals surface area contributed by atoms with Crippen LogP contribution in [-0.4, -0.2) is 22.7 Å². The van der Waals surface area contributed by atoms with Gasteiger partial charge in [-0.1, -0.05) is 25.5 Å². The highest BCUT2D eigenvalue weighted by molar-refractivity contribution is 7.60. The van der Waals surface area contributed by atoms with Gasteiger partial charge in [0.1, 0.15) is 12.4 Å². The number of nitrogens with zero attached hydrogens (tertiary/aromatic N) is 2. The highest BCUT2D eigenvalue weighted by Gasteiger charge is 2.24. The lowest BCUT2D eigenvalue weighted by Gasteiger charge is -2.19. The SMILES string of the molecule is CCCCP(=O)(Nc1nc(OCc2ccc(F)cc2)ncc1F)OCC. The fourth-order valence-corrected chi connectivity index (χ4v) is 4.05. The van der Waals surface area contributed by atoms with Gasteiger partial charge in [-0.15, -0.1) is 0 Å². The minimum Gasteiger partial charge on any atom is -0.459 e. The summed E-state index contributed by atoms with van der Waals surface area (Å²) in [5.41, 5.74) is 0.705. The molecule has 26 heavy (non-hydrogen) atoms. The van der Waals surface area contributed by atoms with Crippen molar-refractivity contribution in [3.8, 4) is 6.01 Å². The molecule has 2 rings (SSSR count). The topological polar surface area (TPSA) is 73.3 Å². The maximum atomic E-state index is 14.0. The smallest absolute Gasteiger partial charge is 0.318 e. The van der Waals surface area contributed by atoms with Crippen molar-refractivity contribution in [2.45, 2.75) is 33.3 Å². The van der Waals surface area contributed by atoms with E-state index < -0.39 is 13.3 Å². The first-order valence-electron chi connectivity index (χ1n) is 8.37. The van der Waals surface area contributed by atoms with Gasteiger partial charge in [-0.05, 0) is 31.0 Å². The predicted molar refractivity (Wildman–Crippen MR) is 95.4 cm³/mol. The van der Waals surface area contributed by atoms with Crippen LogP contribution in [0.3, 0.4) is 0 Å². The number of unbranched alkanes of at least 4 members (excludes halogenated alkanes) is 1. The van der Waals surface area contributed by atoms with Crippen LogP contribution in [0.5, 0.6) is 6.01 Å². The molecule has 2 aromatic rings. The average molecular weight is 385 g/mol. The average Bonchev–Trinajstić information content (AvgIpc) is 2.62. The third kappa shape index (κ3) is 6.04. The van der Waals surface area contributed by atoms with Gasteiger partial charge in [0.05, 0.1) is 12.8 Å². The molecule has 0 amide bonds. The molecular weight excluding hydrogens is 363 g/mol. The molecule has 9 heteroatoms. The van der Waals surface area contributed by atoms with E-state index in [0.717, 1.165) is 12.6 Å². The summed E-state index contributed by atoms with van der Waals surface area (Å²) < 4.78 is 50.4. The Bertz CT molecular complexity index is 759. The van der Waals surface area contributed by atoms with E-state index in [0.29, 0.717) is 12.0 Å². The summed E-state index contributed by atoms with van der Waals surface area (Å²) >= 11 is 0. The zero-order valence-electron chi connectivity index (χ0n) is 14.7. The molecule has 0 radical (unpaired) electrons. The molecule has 1 aromatic heterocycles. The van der Waals surface area contributed by atoms with Crippen molar-refractivity contribution in [3.63, 3.8) is 0 Å². The molecule has 0 saturated carbocycles. The first-order valence-corrected chi connectivity index (χ1v) is 10.2. The zero-order chi connectivity index (χ0) is 19.0. The molecule has 1 aromatic carbocycles. The van der Waals surface area contributed by atoms with Gasteiger partial charge in [-0.25, -0.2) is 13.8 Å². The predicted octanol–water partition coefficient (Wildman–Crippen LogP) is 4.78. The van der Waals surface area contributed by atoms with E-state index in [-0.39, 0.29) is 37.0 Å². The van der Waals surface area contributed by atoms with Crippen molar-refractivity contribution >= 4 is 13.3 Å². The van der Waals surface area contributed by atoms with Crippen LogP contribution < -0.4 is 9.82 Å². The van der Waals surface area contributed by atoms with Gasteiger partial charge in [-0.3, -0.25) is 9.65 Å². The number of aromatic nitrogens is 2. The fourth-order valence-electron chi connectivity index (χ4n) is 2.12. The van der Waals surface area contributed by atoms with E-state index in [1.165, 1.54) is 12.1 Å². The summed E-state index contributed by atoms with van der Waals surface area (Å²) in [7, 11) is -3.26. The normalized spacial score (nSPS) is 13.2. The molecule has 0 bridgehead atoms. The van der Waals surface area contributed by atoms with Gasteiger partial charge in [-0.2, -0.15) is 4.98 Å². The van der Waals surface area contributed by atoms with Crippen LogP contribution in [0.2, 0.25) is 0 Å². The van der Waals surface area contributed by atoms with Crippen LogP contribution >= 0.6 is 7.52 Å². The lowest BCUT2D eigenvalue weighted by Crippen LogP contribution is -2.09. The number of hydrogen-bond donors (Lipinski definition) is 1. The van der Waals surface area contributed by atoms with Crippen molar-refractivity contribution in [1.29, 1.82) is 0 Å². The molecule has 1 heterocycles. The second-order valence-electron chi connectivity index (χ2n) is 5.54. The molecule has 142 valence electrons. The Balaban J connectivity index is 2.10. The number of hydrogen-bond acceptors (Lipinski definition) is 5. The van der Waals surface area contributed by atoms with Gasteiger partial charge in [0, 0.05) is 6.16 Å². The summed E-state index contributed by atoms with van der Waals surface area (Å²) in [6.07, 6.45) is 2.71. The van der Waals surface area contributed by atoms with Crippen LogP contribution in [0.25, 0.3) is 0 Å². The lowest BCUT2D eigenvalue weighted by atomic mass is 10.2. The molecule has 1 atom stereocenters. The Morgan fingerprint density at radius 2 is 1.92 bits per heavy atom. The number of benzene rings is 1. The van der Waals surface area contributed by atoms with Gasteiger partial charge in [0.25, 0.3) is 7.52 Å². The van der Waals surface area contributed by atoms with Crippen LogP contribution in [-0.2, 0) is 15.7 Å². The maximum absolute atomic E-state index is 14.0. The molecule has 0 aliphatic carbocycles. The lowest BCUT2D eigenvalue weighted by molar-refractivity contribution is 0.279. The third-order valence-corrected chi connectivity index (χ3v) is 5.56. The second kappa shape index (κ2) is 9.59. The van der Waals surface area contributed by atoms with Crippen molar-refractivity contribution < 1.29 is 22.6 Å². The standard InChI is InChI=1S/C17H22F2N3O3P/c1-3-5-10-26(23,25-4-2)22-16-15(19)11-20-17(21-16)24-12-13-6-8-14(18)9-7-13/h6-9,11H,3-5,10,12H2,1-2H3,(H,20,21,22,23). The number of halogens is 2. The molecule has 1 N–H and O–H groups in total. The van der Waals surface area contributed by atoms with Crippen LogP contribution in [0.15, 0.2) is 30.5 Å². The Labute approximate surface area is 151 Å². The Morgan fingerprint density at radius 3 is 2.58 bits per heavy atom. The van der Waals surface area contributed by atoms with Crippen LogP contribution in [0.4, 0.5) is 14.6 Å². The largest absolute Gasteiger partial charge is 0.459 e. The molecule has 6 nitrogen and oxygen atoms in total. The van der Waals surface area contributed by atoms with Crippen molar-refractivity contribution in [2.75, 3.05) is 17.9 Å². The molecule has 1 unspecified atom stereocenters. The van der Waals surface area contributed by atoms with Gasteiger partial charge in [0.2, 0.25) is 0 Å². The van der Waals surface area contributed by atoms with Crippen LogP contribution in [0.1, 0.15) is 32.3 Å². The summed E-state index contributed by atoms with van der Waals surface area (Å²) in [5, 5.41) is 2.58. The molecule has 0 spiro atoms.